The van der Waals surface area contributed by atoms with Crippen LogP contribution in [-0.2, 0) is 11.3 Å². The third kappa shape index (κ3) is 2.14. The van der Waals surface area contributed by atoms with Crippen LogP contribution < -0.4 is 0 Å². The maximum atomic E-state index is 12.9. The van der Waals surface area contributed by atoms with E-state index in [1.54, 1.807) is 18.2 Å². The summed E-state index contributed by atoms with van der Waals surface area (Å²) in [5.74, 6) is -0.647. The molecule has 0 saturated carbocycles. The van der Waals surface area contributed by atoms with E-state index in [1.165, 1.54) is 19.2 Å². The van der Waals surface area contributed by atoms with Crippen LogP contribution in [0.25, 0.3) is 11.3 Å². The maximum Gasteiger partial charge on any atom is 0.354 e. The first-order valence-corrected chi connectivity index (χ1v) is 5.71. The highest BCUT2D eigenvalue weighted by molar-refractivity contribution is 5.89. The van der Waals surface area contributed by atoms with Crippen LogP contribution in [0.5, 0.6) is 0 Å². The summed E-state index contributed by atoms with van der Waals surface area (Å²) < 4.78 is 19.5. The zero-order chi connectivity index (χ0) is 13.1. The Hall–Kier alpha value is -2.10. The van der Waals surface area contributed by atoms with Crippen molar-refractivity contribution >= 4 is 5.97 Å². The van der Waals surface area contributed by atoms with Crippen molar-refractivity contribution in [1.82, 2.24) is 4.57 Å². The molecule has 4 heteroatoms. The van der Waals surface area contributed by atoms with Crippen molar-refractivity contribution in [2.24, 2.45) is 0 Å². The molecule has 0 unspecified atom stereocenters. The number of hydrogen-bond acceptors (Lipinski definition) is 2. The summed E-state index contributed by atoms with van der Waals surface area (Å²) in [7, 11) is 1.35. The number of nitrogens with zero attached hydrogens (tertiary/aromatic N) is 1. The molecule has 1 heterocycles. The second kappa shape index (κ2) is 5.04. The van der Waals surface area contributed by atoms with Crippen LogP contribution in [0.1, 0.15) is 17.4 Å². The largest absolute Gasteiger partial charge is 0.464 e. The van der Waals surface area contributed by atoms with Gasteiger partial charge in [-0.05, 0) is 48.9 Å². The molecule has 1 aromatic heterocycles. The predicted molar refractivity (Wildman–Crippen MR) is 66.8 cm³/mol. The minimum Gasteiger partial charge on any atom is -0.464 e. The van der Waals surface area contributed by atoms with Gasteiger partial charge < -0.3 is 9.30 Å². The predicted octanol–water partition coefficient (Wildman–Crippen LogP) is 3.10. The van der Waals surface area contributed by atoms with Crippen molar-refractivity contribution in [2.75, 3.05) is 7.11 Å². The molecule has 1 aromatic carbocycles. The van der Waals surface area contributed by atoms with Crippen LogP contribution in [0.15, 0.2) is 36.4 Å². The molecule has 3 nitrogen and oxygen atoms in total. The van der Waals surface area contributed by atoms with E-state index < -0.39 is 0 Å². The summed E-state index contributed by atoms with van der Waals surface area (Å²) in [6.45, 7) is 2.59. The van der Waals surface area contributed by atoms with Gasteiger partial charge in [0, 0.05) is 12.2 Å². The molecular formula is C14H14FNO2. The lowest BCUT2D eigenvalue weighted by molar-refractivity contribution is 0.0589. The molecule has 0 bridgehead atoms. The number of hydrogen-bond donors (Lipinski definition) is 0. The van der Waals surface area contributed by atoms with Gasteiger partial charge in [-0.25, -0.2) is 9.18 Å². The molecule has 2 aromatic rings. The van der Waals surface area contributed by atoms with Crippen molar-refractivity contribution in [1.29, 1.82) is 0 Å². The Balaban J connectivity index is 2.48. The van der Waals surface area contributed by atoms with Gasteiger partial charge in [0.15, 0.2) is 0 Å². The number of aromatic nitrogens is 1. The van der Waals surface area contributed by atoms with Crippen LogP contribution in [0, 0.1) is 5.82 Å². The van der Waals surface area contributed by atoms with Gasteiger partial charge in [-0.3, -0.25) is 0 Å². The van der Waals surface area contributed by atoms with E-state index in [-0.39, 0.29) is 11.8 Å². The first-order valence-electron chi connectivity index (χ1n) is 5.71. The van der Waals surface area contributed by atoms with E-state index in [2.05, 4.69) is 0 Å². The molecule has 0 fully saturated rings. The molecule has 0 amide bonds. The summed E-state index contributed by atoms with van der Waals surface area (Å²) >= 11 is 0. The molecule has 0 aliphatic heterocycles. The number of rotatable bonds is 3. The first-order chi connectivity index (χ1) is 8.67. The number of halogens is 1. The van der Waals surface area contributed by atoms with E-state index in [1.807, 2.05) is 17.6 Å². The van der Waals surface area contributed by atoms with Gasteiger partial charge in [-0.1, -0.05) is 0 Å². The van der Waals surface area contributed by atoms with E-state index in [9.17, 15) is 9.18 Å². The lowest BCUT2D eigenvalue weighted by Crippen LogP contribution is -2.10. The highest BCUT2D eigenvalue weighted by atomic mass is 19.1. The van der Waals surface area contributed by atoms with Crippen LogP contribution in [0.2, 0.25) is 0 Å². The molecule has 18 heavy (non-hydrogen) atoms. The van der Waals surface area contributed by atoms with Crippen molar-refractivity contribution in [3.05, 3.63) is 47.9 Å². The smallest absolute Gasteiger partial charge is 0.354 e. The summed E-state index contributed by atoms with van der Waals surface area (Å²) in [5.41, 5.74) is 2.24. The van der Waals surface area contributed by atoms with E-state index in [0.29, 0.717) is 12.2 Å². The Labute approximate surface area is 105 Å². The summed E-state index contributed by atoms with van der Waals surface area (Å²) in [6.07, 6.45) is 0. The lowest BCUT2D eigenvalue weighted by atomic mass is 10.1. The molecule has 0 radical (unpaired) electrons. The summed E-state index contributed by atoms with van der Waals surface area (Å²) in [6, 6.07) is 9.74. The van der Waals surface area contributed by atoms with Gasteiger partial charge in [-0.15, -0.1) is 0 Å². The van der Waals surface area contributed by atoms with Crippen molar-refractivity contribution in [2.45, 2.75) is 13.5 Å². The Bertz CT molecular complexity index is 558. The second-order valence-corrected chi connectivity index (χ2v) is 3.85. The highest BCUT2D eigenvalue weighted by Gasteiger charge is 2.15. The monoisotopic (exact) mass is 247 g/mol. The molecule has 94 valence electrons. The Morgan fingerprint density at radius 2 is 1.89 bits per heavy atom. The fourth-order valence-electron chi connectivity index (χ4n) is 1.96. The number of carbonyl (C=O) groups is 1. The van der Waals surface area contributed by atoms with Gasteiger partial charge in [0.2, 0.25) is 0 Å². The van der Waals surface area contributed by atoms with Crippen molar-refractivity contribution in [3.63, 3.8) is 0 Å². The number of esters is 1. The van der Waals surface area contributed by atoms with Crippen LogP contribution >= 0.6 is 0 Å². The summed E-state index contributed by atoms with van der Waals surface area (Å²) in [4.78, 5) is 11.6. The maximum absolute atomic E-state index is 12.9. The first kappa shape index (κ1) is 12.4. The molecular weight excluding hydrogens is 233 g/mol. The molecule has 0 N–H and O–H groups in total. The fourth-order valence-corrected chi connectivity index (χ4v) is 1.96. The third-order valence-electron chi connectivity index (χ3n) is 2.83. The van der Waals surface area contributed by atoms with E-state index >= 15 is 0 Å². The molecule has 0 saturated heterocycles. The van der Waals surface area contributed by atoms with Crippen molar-refractivity contribution in [3.8, 4) is 11.3 Å². The standard InChI is InChI=1S/C14H14FNO2/c1-3-16-12(8-9-13(16)14(17)18-2)10-4-6-11(15)7-5-10/h4-9H,3H2,1-2H3. The normalized spacial score (nSPS) is 10.4. The number of methoxy groups -OCH3 is 1. The molecule has 0 spiro atoms. The Morgan fingerprint density at radius 1 is 1.22 bits per heavy atom. The molecule has 2 rings (SSSR count). The van der Waals surface area contributed by atoms with Gasteiger partial charge in [0.1, 0.15) is 11.5 Å². The fraction of sp³-hybridized carbons (Fsp3) is 0.214. The van der Waals surface area contributed by atoms with Gasteiger partial charge >= 0.3 is 5.97 Å². The number of benzene rings is 1. The zero-order valence-corrected chi connectivity index (χ0v) is 10.3. The van der Waals surface area contributed by atoms with E-state index in [0.717, 1.165) is 11.3 Å². The minimum atomic E-state index is -0.370. The minimum absolute atomic E-state index is 0.276. The second-order valence-electron chi connectivity index (χ2n) is 3.85. The van der Waals surface area contributed by atoms with Gasteiger partial charge in [0.05, 0.1) is 7.11 Å². The molecule has 0 atom stereocenters. The highest BCUT2D eigenvalue weighted by Crippen LogP contribution is 2.23. The number of ether oxygens (including phenoxy) is 1. The van der Waals surface area contributed by atoms with Crippen LogP contribution in [-0.4, -0.2) is 17.6 Å². The third-order valence-corrected chi connectivity index (χ3v) is 2.83. The summed E-state index contributed by atoms with van der Waals surface area (Å²) in [5, 5.41) is 0. The Morgan fingerprint density at radius 3 is 2.44 bits per heavy atom. The van der Waals surface area contributed by atoms with Gasteiger partial charge in [-0.2, -0.15) is 0 Å². The quantitative estimate of drug-likeness (QED) is 0.780. The molecule has 0 aliphatic carbocycles. The van der Waals surface area contributed by atoms with Crippen LogP contribution in [0.3, 0.4) is 0 Å². The van der Waals surface area contributed by atoms with Gasteiger partial charge in [0.25, 0.3) is 0 Å². The average molecular weight is 247 g/mol. The zero-order valence-electron chi connectivity index (χ0n) is 10.3. The topological polar surface area (TPSA) is 31.2 Å². The Kier molecular flexibility index (Phi) is 3.46. The SMILES string of the molecule is CCn1c(C(=O)OC)ccc1-c1ccc(F)cc1. The average Bonchev–Trinajstić information content (AvgIpc) is 2.82. The number of carbonyl (C=O) groups excluding carboxylic acids is 1. The lowest BCUT2D eigenvalue weighted by Gasteiger charge is -2.10. The molecule has 0 aliphatic rings. The van der Waals surface area contributed by atoms with E-state index in [4.69, 9.17) is 4.74 Å². The van der Waals surface area contributed by atoms with Crippen molar-refractivity contribution < 1.29 is 13.9 Å². The van der Waals surface area contributed by atoms with Crippen LogP contribution in [0.4, 0.5) is 4.39 Å².